The van der Waals surface area contributed by atoms with Crippen LogP contribution in [0.25, 0.3) is 10.8 Å². The lowest BCUT2D eigenvalue weighted by Crippen LogP contribution is -1.86. The highest BCUT2D eigenvalue weighted by atomic mass is 127. The Bertz CT molecular complexity index is 442. The van der Waals surface area contributed by atoms with Crippen molar-refractivity contribution in [3.63, 3.8) is 0 Å². The minimum atomic E-state index is 0.0915. The summed E-state index contributed by atoms with van der Waals surface area (Å²) in [5.41, 5.74) is 0.947. The number of aliphatic hydroxyl groups is 1. The number of benzene rings is 1. The van der Waals surface area contributed by atoms with Crippen LogP contribution in [0.2, 0.25) is 0 Å². The molecule has 1 aromatic carbocycles. The van der Waals surface area contributed by atoms with Gasteiger partial charge in [0.25, 0.3) is 0 Å². The fourth-order valence-electron chi connectivity index (χ4n) is 1.30. The summed E-state index contributed by atoms with van der Waals surface area (Å²) in [7, 11) is 0. The molecule has 66 valence electrons. The van der Waals surface area contributed by atoms with Gasteiger partial charge in [-0.2, -0.15) is 0 Å². The maximum Gasteiger partial charge on any atom is 0.0682 e. The Morgan fingerprint density at radius 3 is 3.00 bits per heavy atom. The number of hydrogen-bond donors (Lipinski definition) is 1. The summed E-state index contributed by atoms with van der Waals surface area (Å²) >= 11 is 2.26. The van der Waals surface area contributed by atoms with Gasteiger partial charge >= 0.3 is 0 Å². The van der Waals surface area contributed by atoms with Crippen LogP contribution in [0.15, 0.2) is 30.6 Å². The molecule has 0 radical (unpaired) electrons. The number of aromatic nitrogens is 1. The first-order valence-corrected chi connectivity index (χ1v) is 5.02. The van der Waals surface area contributed by atoms with Crippen LogP contribution in [0.5, 0.6) is 0 Å². The second-order valence-corrected chi connectivity index (χ2v) is 3.99. The molecular weight excluding hydrogens is 277 g/mol. The van der Waals surface area contributed by atoms with Gasteiger partial charge in [-0.3, -0.25) is 4.98 Å². The Labute approximate surface area is 89.8 Å². The highest BCUT2D eigenvalue weighted by molar-refractivity contribution is 14.1. The third kappa shape index (κ3) is 1.66. The van der Waals surface area contributed by atoms with Gasteiger partial charge in [0.2, 0.25) is 0 Å². The quantitative estimate of drug-likeness (QED) is 0.816. The van der Waals surface area contributed by atoms with Gasteiger partial charge in [0.15, 0.2) is 0 Å². The maximum absolute atomic E-state index is 9.00. The van der Waals surface area contributed by atoms with Crippen LogP contribution in [0.3, 0.4) is 0 Å². The molecule has 0 atom stereocenters. The summed E-state index contributed by atoms with van der Waals surface area (Å²) in [6, 6.07) is 5.92. The summed E-state index contributed by atoms with van der Waals surface area (Å²) in [4.78, 5) is 4.06. The third-order valence-corrected chi connectivity index (χ3v) is 2.84. The van der Waals surface area contributed by atoms with Crippen molar-refractivity contribution in [1.82, 2.24) is 4.98 Å². The van der Waals surface area contributed by atoms with Gasteiger partial charge in [0.05, 0.1) is 6.61 Å². The molecule has 0 saturated heterocycles. The highest BCUT2D eigenvalue weighted by Crippen LogP contribution is 2.21. The van der Waals surface area contributed by atoms with Gasteiger partial charge in [-0.25, -0.2) is 0 Å². The highest BCUT2D eigenvalue weighted by Gasteiger charge is 2.00. The molecule has 0 aliphatic carbocycles. The summed E-state index contributed by atoms with van der Waals surface area (Å²) in [6.45, 7) is 0.0915. The second-order valence-electron chi connectivity index (χ2n) is 2.83. The van der Waals surface area contributed by atoms with Crippen molar-refractivity contribution in [2.24, 2.45) is 0 Å². The van der Waals surface area contributed by atoms with E-state index in [9.17, 15) is 0 Å². The van der Waals surface area contributed by atoms with Crippen molar-refractivity contribution >= 4 is 33.4 Å². The molecule has 0 bridgehead atoms. The molecule has 0 amide bonds. The van der Waals surface area contributed by atoms with Crippen molar-refractivity contribution < 1.29 is 5.11 Å². The zero-order valence-electron chi connectivity index (χ0n) is 6.87. The molecule has 1 aromatic heterocycles. The predicted molar refractivity (Wildman–Crippen MR) is 60.4 cm³/mol. The minimum Gasteiger partial charge on any atom is -0.392 e. The summed E-state index contributed by atoms with van der Waals surface area (Å²) in [5, 5.41) is 11.3. The Morgan fingerprint density at radius 2 is 2.23 bits per heavy atom. The zero-order chi connectivity index (χ0) is 9.26. The molecule has 2 nitrogen and oxygen atoms in total. The normalized spacial score (nSPS) is 10.6. The fourth-order valence-corrected chi connectivity index (χ4v) is 2.15. The van der Waals surface area contributed by atoms with Crippen LogP contribution in [0, 0.1) is 3.57 Å². The smallest absolute Gasteiger partial charge is 0.0682 e. The number of rotatable bonds is 1. The average Bonchev–Trinajstić information content (AvgIpc) is 2.18. The minimum absolute atomic E-state index is 0.0915. The molecule has 0 unspecified atom stereocenters. The van der Waals surface area contributed by atoms with Gasteiger partial charge < -0.3 is 5.11 Å². The lowest BCUT2D eigenvalue weighted by molar-refractivity contribution is 0.282. The van der Waals surface area contributed by atoms with Gasteiger partial charge in [-0.1, -0.05) is 0 Å². The van der Waals surface area contributed by atoms with Crippen molar-refractivity contribution in [3.05, 3.63) is 39.7 Å². The maximum atomic E-state index is 9.00. The van der Waals surface area contributed by atoms with E-state index in [1.54, 1.807) is 6.20 Å². The van der Waals surface area contributed by atoms with Crippen molar-refractivity contribution in [1.29, 1.82) is 0 Å². The molecule has 1 heterocycles. The third-order valence-electron chi connectivity index (χ3n) is 1.95. The second kappa shape index (κ2) is 3.59. The van der Waals surface area contributed by atoms with E-state index >= 15 is 0 Å². The van der Waals surface area contributed by atoms with E-state index in [0.717, 1.165) is 19.9 Å². The summed E-state index contributed by atoms with van der Waals surface area (Å²) in [5.74, 6) is 0. The standard InChI is InChI=1S/C10H8INO/c11-10-4-7(6-13)3-8-1-2-12-5-9(8)10/h1-5,13H,6H2. The molecule has 2 rings (SSSR count). The van der Waals surface area contributed by atoms with Crippen LogP contribution in [0.4, 0.5) is 0 Å². The van der Waals surface area contributed by atoms with Crippen LogP contribution in [0.1, 0.15) is 5.56 Å². The Balaban J connectivity index is 2.77. The summed E-state index contributed by atoms with van der Waals surface area (Å²) < 4.78 is 1.13. The molecule has 0 aliphatic rings. The Kier molecular flexibility index (Phi) is 2.46. The van der Waals surface area contributed by atoms with Crippen LogP contribution < -0.4 is 0 Å². The number of fused-ring (bicyclic) bond motifs is 1. The summed E-state index contributed by atoms with van der Waals surface area (Å²) in [6.07, 6.45) is 3.61. The predicted octanol–water partition coefficient (Wildman–Crippen LogP) is 2.33. The van der Waals surface area contributed by atoms with Crippen molar-refractivity contribution in [2.75, 3.05) is 0 Å². The van der Waals surface area contributed by atoms with Crippen LogP contribution >= 0.6 is 22.6 Å². The van der Waals surface area contributed by atoms with Gasteiger partial charge in [-0.15, -0.1) is 0 Å². The van der Waals surface area contributed by atoms with Gasteiger partial charge in [0, 0.05) is 21.4 Å². The molecule has 0 aliphatic heterocycles. The number of pyridine rings is 1. The molecule has 0 saturated carbocycles. The fraction of sp³-hybridized carbons (Fsp3) is 0.100. The number of hydrogen-bond acceptors (Lipinski definition) is 2. The monoisotopic (exact) mass is 285 g/mol. The van der Waals surface area contributed by atoms with Crippen LogP contribution in [-0.4, -0.2) is 10.1 Å². The first-order valence-electron chi connectivity index (χ1n) is 3.94. The zero-order valence-corrected chi connectivity index (χ0v) is 9.02. The lowest BCUT2D eigenvalue weighted by Gasteiger charge is -2.02. The van der Waals surface area contributed by atoms with E-state index < -0.39 is 0 Å². The molecule has 0 fully saturated rings. The first kappa shape index (κ1) is 8.90. The largest absolute Gasteiger partial charge is 0.392 e. The average molecular weight is 285 g/mol. The lowest BCUT2D eigenvalue weighted by atomic mass is 10.1. The SMILES string of the molecule is OCc1cc(I)c2cnccc2c1. The molecule has 3 heteroatoms. The Hall–Kier alpha value is -0.680. The molecular formula is C10H8INO. The number of aliphatic hydroxyl groups excluding tert-OH is 1. The molecule has 13 heavy (non-hydrogen) atoms. The van der Waals surface area contributed by atoms with Crippen LogP contribution in [-0.2, 0) is 6.61 Å². The Morgan fingerprint density at radius 1 is 1.38 bits per heavy atom. The number of halogens is 1. The van der Waals surface area contributed by atoms with E-state index in [1.165, 1.54) is 0 Å². The first-order chi connectivity index (χ1) is 6.31. The van der Waals surface area contributed by atoms with E-state index in [0.29, 0.717) is 0 Å². The van der Waals surface area contributed by atoms with Gasteiger partial charge in [-0.05, 0) is 51.7 Å². The van der Waals surface area contributed by atoms with E-state index in [1.807, 2.05) is 24.4 Å². The van der Waals surface area contributed by atoms with Gasteiger partial charge in [0.1, 0.15) is 0 Å². The molecule has 2 aromatic rings. The molecule has 1 N–H and O–H groups in total. The van der Waals surface area contributed by atoms with E-state index in [-0.39, 0.29) is 6.61 Å². The van der Waals surface area contributed by atoms with E-state index in [2.05, 4.69) is 27.6 Å². The van der Waals surface area contributed by atoms with Crippen molar-refractivity contribution in [3.8, 4) is 0 Å². The van der Waals surface area contributed by atoms with Crippen molar-refractivity contribution in [2.45, 2.75) is 6.61 Å². The topological polar surface area (TPSA) is 33.1 Å². The molecule has 0 spiro atoms. The van der Waals surface area contributed by atoms with E-state index in [4.69, 9.17) is 5.11 Å². The number of nitrogens with zero attached hydrogens (tertiary/aromatic N) is 1.